The topological polar surface area (TPSA) is 93.9 Å². The number of fused-ring (bicyclic) bond motifs is 1. The van der Waals surface area contributed by atoms with E-state index in [2.05, 4.69) is 10.3 Å². The highest BCUT2D eigenvalue weighted by atomic mass is 35.5. The van der Waals surface area contributed by atoms with Gasteiger partial charge in [0.25, 0.3) is 5.91 Å². The number of hydrogen-bond acceptors (Lipinski definition) is 6. The highest BCUT2D eigenvalue weighted by Gasteiger charge is 2.38. The molecule has 1 fully saturated rings. The van der Waals surface area contributed by atoms with Crippen molar-refractivity contribution in [3.63, 3.8) is 0 Å². The maximum atomic E-state index is 13.6. The minimum atomic E-state index is -0.714. The van der Waals surface area contributed by atoms with Crippen LogP contribution in [0.4, 0.5) is 9.18 Å². The second kappa shape index (κ2) is 10.5. The predicted octanol–water partition coefficient (Wildman–Crippen LogP) is 5.91. The quantitative estimate of drug-likeness (QED) is 0.434. The molecule has 0 aliphatic carbocycles. The van der Waals surface area contributed by atoms with Crippen LogP contribution in [0.3, 0.4) is 0 Å². The van der Waals surface area contributed by atoms with Crippen molar-refractivity contribution in [2.45, 2.75) is 51.3 Å². The number of nitrogens with one attached hydrogen (secondary N) is 1. The third kappa shape index (κ3) is 6.39. The average Bonchev–Trinajstić information content (AvgIpc) is 3.21. The lowest BCUT2D eigenvalue weighted by molar-refractivity contribution is -0.124. The molecule has 11 heteroatoms. The van der Waals surface area contributed by atoms with Crippen molar-refractivity contribution in [3.8, 4) is 5.75 Å². The molecule has 3 aromatic rings. The molecule has 1 aliphatic rings. The Morgan fingerprint density at radius 2 is 1.97 bits per heavy atom. The Morgan fingerprint density at radius 3 is 2.69 bits per heavy atom. The lowest BCUT2D eigenvalue weighted by Gasteiger charge is -2.38. The molecule has 2 amide bonds. The van der Waals surface area contributed by atoms with Gasteiger partial charge in [0, 0.05) is 29.7 Å². The summed E-state index contributed by atoms with van der Waals surface area (Å²) < 4.78 is 30.5. The normalized spacial score (nSPS) is 18.2. The van der Waals surface area contributed by atoms with Gasteiger partial charge in [-0.05, 0) is 57.9 Å². The molecular formula is C25H26Cl2FN3O5. The smallest absolute Gasteiger partial charge is 0.411 e. The fourth-order valence-corrected chi connectivity index (χ4v) is 4.19. The Bertz CT molecular complexity index is 1280. The molecule has 8 nitrogen and oxygen atoms in total. The molecule has 0 radical (unpaired) electrons. The van der Waals surface area contributed by atoms with Crippen LogP contribution in [0.1, 0.15) is 45.5 Å². The van der Waals surface area contributed by atoms with Crippen molar-refractivity contribution in [2.75, 3.05) is 13.2 Å². The van der Waals surface area contributed by atoms with Crippen molar-refractivity contribution >= 4 is 46.3 Å². The maximum Gasteiger partial charge on any atom is 0.411 e. The van der Waals surface area contributed by atoms with Gasteiger partial charge in [0.2, 0.25) is 5.89 Å². The zero-order chi connectivity index (χ0) is 26.0. The summed E-state index contributed by atoms with van der Waals surface area (Å²) in [6.45, 7) is 5.20. The molecule has 4 rings (SSSR count). The van der Waals surface area contributed by atoms with Crippen molar-refractivity contribution < 1.29 is 27.9 Å². The zero-order valence-corrected chi connectivity index (χ0v) is 21.5. The molecule has 2 heterocycles. The zero-order valence-electron chi connectivity index (χ0n) is 20.0. The lowest BCUT2D eigenvalue weighted by Crippen LogP contribution is -2.52. The van der Waals surface area contributed by atoms with Crippen LogP contribution in [-0.4, -0.2) is 46.7 Å². The molecule has 0 spiro atoms. The summed E-state index contributed by atoms with van der Waals surface area (Å²) in [6.07, 6.45) is 0.498. The number of likely N-dealkylation sites (tertiary alicyclic amines) is 1. The number of oxazole rings is 1. The van der Waals surface area contributed by atoms with Gasteiger partial charge in [0.1, 0.15) is 28.7 Å². The number of carbonyl (C=O) groups is 2. The average molecular weight is 538 g/mol. The molecule has 0 bridgehead atoms. The third-order valence-electron chi connectivity index (χ3n) is 5.49. The van der Waals surface area contributed by atoms with Gasteiger partial charge in [-0.3, -0.25) is 9.69 Å². The van der Waals surface area contributed by atoms with Gasteiger partial charge in [-0.2, -0.15) is 0 Å². The number of carbonyl (C=O) groups excluding carboxylic acids is 2. The standard InChI is InChI=1S/C25H26Cl2FN3O5/c1-25(2,3)36-24(33)31-12-15(29-22(32)13-34-16-6-7-17(27)18(28)11-16)5-9-20(31)23-30-19-8-4-14(26)10-21(19)35-23/h4,6-8,10-11,15,20H,5,9,12-13H2,1-3H3,(H,29,32)/t15-,20+/m0/s1. The van der Waals surface area contributed by atoms with E-state index in [4.69, 9.17) is 37.1 Å². The number of benzene rings is 2. The molecule has 192 valence electrons. The predicted molar refractivity (Wildman–Crippen MR) is 133 cm³/mol. The van der Waals surface area contributed by atoms with E-state index in [0.29, 0.717) is 34.9 Å². The number of halogens is 3. The summed E-state index contributed by atoms with van der Waals surface area (Å²) >= 11 is 11.7. The highest BCUT2D eigenvalue weighted by molar-refractivity contribution is 6.31. The summed E-state index contributed by atoms with van der Waals surface area (Å²) in [5, 5.41) is 3.35. The van der Waals surface area contributed by atoms with Crippen LogP contribution in [0.25, 0.3) is 11.1 Å². The first-order valence-corrected chi connectivity index (χ1v) is 12.2. The van der Waals surface area contributed by atoms with Gasteiger partial charge in [-0.25, -0.2) is 14.2 Å². The van der Waals surface area contributed by atoms with E-state index in [0.717, 1.165) is 6.07 Å². The van der Waals surface area contributed by atoms with Crippen LogP contribution < -0.4 is 10.1 Å². The van der Waals surface area contributed by atoms with Crippen LogP contribution in [0, 0.1) is 5.82 Å². The van der Waals surface area contributed by atoms with E-state index in [1.807, 2.05) is 0 Å². The van der Waals surface area contributed by atoms with Crippen molar-refractivity contribution in [3.05, 3.63) is 58.2 Å². The maximum absolute atomic E-state index is 13.6. The fourth-order valence-electron chi connectivity index (χ4n) is 3.91. The van der Waals surface area contributed by atoms with Crippen LogP contribution in [0.2, 0.25) is 10.0 Å². The second-order valence-corrected chi connectivity index (χ2v) is 10.4. The minimum absolute atomic E-state index is 0.0344. The monoisotopic (exact) mass is 537 g/mol. The molecule has 0 unspecified atom stereocenters. The molecule has 1 saturated heterocycles. The summed E-state index contributed by atoms with van der Waals surface area (Å²) in [7, 11) is 0. The largest absolute Gasteiger partial charge is 0.484 e. The van der Waals surface area contributed by atoms with Crippen molar-refractivity contribution in [1.82, 2.24) is 15.2 Å². The van der Waals surface area contributed by atoms with Crippen LogP contribution in [-0.2, 0) is 9.53 Å². The van der Waals surface area contributed by atoms with Crippen LogP contribution in [0.5, 0.6) is 5.75 Å². The first-order chi connectivity index (χ1) is 17.0. The Hall–Kier alpha value is -3.04. The van der Waals surface area contributed by atoms with Gasteiger partial charge >= 0.3 is 6.09 Å². The van der Waals surface area contributed by atoms with Gasteiger partial charge in [0.05, 0.1) is 5.02 Å². The van der Waals surface area contributed by atoms with Gasteiger partial charge in [0.15, 0.2) is 12.2 Å². The van der Waals surface area contributed by atoms with E-state index >= 15 is 0 Å². The summed E-state index contributed by atoms with van der Waals surface area (Å²) in [6, 6.07) is 8.24. The number of ether oxygens (including phenoxy) is 2. The van der Waals surface area contributed by atoms with E-state index in [1.54, 1.807) is 39.0 Å². The number of rotatable bonds is 5. The Labute approximate surface area is 217 Å². The molecule has 2 atom stereocenters. The number of amides is 2. The molecule has 36 heavy (non-hydrogen) atoms. The van der Waals surface area contributed by atoms with E-state index in [9.17, 15) is 14.0 Å². The number of piperidine rings is 1. The Morgan fingerprint density at radius 1 is 1.19 bits per heavy atom. The molecule has 1 aliphatic heterocycles. The highest BCUT2D eigenvalue weighted by Crippen LogP contribution is 2.34. The Kier molecular flexibility index (Phi) is 7.61. The van der Waals surface area contributed by atoms with Crippen LogP contribution in [0.15, 0.2) is 40.8 Å². The van der Waals surface area contributed by atoms with E-state index < -0.39 is 29.5 Å². The summed E-state index contributed by atoms with van der Waals surface area (Å²) in [5.41, 5.74) is 0.437. The van der Waals surface area contributed by atoms with Gasteiger partial charge < -0.3 is 19.2 Å². The lowest BCUT2D eigenvalue weighted by atomic mass is 9.98. The molecule has 0 saturated carbocycles. The first-order valence-electron chi connectivity index (χ1n) is 11.4. The van der Waals surface area contributed by atoms with E-state index in [-0.39, 0.29) is 30.0 Å². The molecular weight excluding hydrogens is 512 g/mol. The summed E-state index contributed by atoms with van der Waals surface area (Å²) in [5.74, 6) is -0.491. The number of aromatic nitrogens is 1. The minimum Gasteiger partial charge on any atom is -0.484 e. The third-order valence-corrected chi connectivity index (χ3v) is 6.03. The van der Waals surface area contributed by atoms with Gasteiger partial charge in [-0.15, -0.1) is 0 Å². The van der Waals surface area contributed by atoms with E-state index in [1.165, 1.54) is 17.0 Å². The summed E-state index contributed by atoms with van der Waals surface area (Å²) in [4.78, 5) is 31.7. The SMILES string of the molecule is CC(C)(C)OC(=O)N1C[C@@H](NC(=O)COc2ccc(Cl)c(F)c2)CC[C@@H]1c1nc2ccc(Cl)cc2o1. The second-order valence-electron chi connectivity index (χ2n) is 9.52. The van der Waals surface area contributed by atoms with Gasteiger partial charge in [-0.1, -0.05) is 23.2 Å². The number of nitrogens with zero attached hydrogens (tertiary/aromatic N) is 2. The molecule has 2 aromatic carbocycles. The van der Waals surface area contributed by atoms with Crippen LogP contribution >= 0.6 is 23.2 Å². The fraction of sp³-hybridized carbons (Fsp3) is 0.400. The Balaban J connectivity index is 1.45. The first kappa shape index (κ1) is 26.0. The van der Waals surface area contributed by atoms with Crippen molar-refractivity contribution in [2.24, 2.45) is 0 Å². The number of hydrogen-bond donors (Lipinski definition) is 1. The molecule has 1 aromatic heterocycles. The van der Waals surface area contributed by atoms with Crippen molar-refractivity contribution in [1.29, 1.82) is 0 Å². The molecule has 1 N–H and O–H groups in total.